The van der Waals surface area contributed by atoms with Crippen molar-refractivity contribution < 1.29 is 47.9 Å². The van der Waals surface area contributed by atoms with Crippen molar-refractivity contribution in [2.24, 2.45) is 0 Å². The zero-order valence-electron chi connectivity index (χ0n) is 17.1. The van der Waals surface area contributed by atoms with Crippen LogP contribution < -0.4 is 9.47 Å². The zero-order valence-corrected chi connectivity index (χ0v) is 17.1. The van der Waals surface area contributed by atoms with E-state index < -0.39 is 46.6 Å². The van der Waals surface area contributed by atoms with Crippen LogP contribution in [0.1, 0.15) is 0 Å². The molecule has 14 nitrogen and oxygen atoms in total. The number of benzene rings is 2. The Morgan fingerprint density at radius 2 is 1.06 bits per heavy atom. The lowest BCUT2D eigenvalue weighted by molar-refractivity contribution is -0.385. The highest BCUT2D eigenvalue weighted by atomic mass is 16.8. The third-order valence-corrected chi connectivity index (χ3v) is 4.96. The first kappa shape index (κ1) is 22.9. The van der Waals surface area contributed by atoms with Gasteiger partial charge in [-0.2, -0.15) is 0 Å². The van der Waals surface area contributed by atoms with E-state index in [4.69, 9.17) is 28.4 Å². The predicted octanol–water partition coefficient (Wildman–Crippen LogP) is 2.77. The minimum atomic E-state index is -1.06. The van der Waals surface area contributed by atoms with Gasteiger partial charge in [-0.1, -0.05) is 0 Å². The Labute approximate surface area is 190 Å². The quantitative estimate of drug-likeness (QED) is 0.258. The molecule has 2 fully saturated rings. The third kappa shape index (κ3) is 5.19. The van der Waals surface area contributed by atoms with E-state index in [1.807, 2.05) is 0 Å². The highest BCUT2D eigenvalue weighted by molar-refractivity contribution is 5.65. The van der Waals surface area contributed by atoms with Crippen LogP contribution in [0.2, 0.25) is 0 Å². The number of hydrogen-bond donors (Lipinski definition) is 0. The molecule has 2 aliphatic heterocycles. The first-order chi connectivity index (χ1) is 16.3. The summed E-state index contributed by atoms with van der Waals surface area (Å²) in [5, 5.41) is 21.3. The Bertz CT molecular complexity index is 1000. The maximum atomic E-state index is 12.1. The van der Waals surface area contributed by atoms with Crippen LogP contribution in [-0.2, 0) is 18.9 Å². The summed E-state index contributed by atoms with van der Waals surface area (Å²) in [5.74, 6) is 0.0993. The Morgan fingerprint density at radius 3 is 1.38 bits per heavy atom. The predicted molar refractivity (Wildman–Crippen MR) is 107 cm³/mol. The molecule has 178 valence electrons. The fourth-order valence-electron chi connectivity index (χ4n) is 3.39. The van der Waals surface area contributed by atoms with Crippen molar-refractivity contribution in [1.82, 2.24) is 0 Å². The van der Waals surface area contributed by atoms with Crippen LogP contribution in [0.5, 0.6) is 11.5 Å². The molecule has 2 heterocycles. The molecule has 0 radical (unpaired) electrons. The molecule has 34 heavy (non-hydrogen) atoms. The van der Waals surface area contributed by atoms with Gasteiger partial charge in [-0.15, -0.1) is 0 Å². The van der Waals surface area contributed by atoms with E-state index in [9.17, 15) is 29.8 Å². The van der Waals surface area contributed by atoms with Crippen molar-refractivity contribution in [1.29, 1.82) is 0 Å². The van der Waals surface area contributed by atoms with Crippen molar-refractivity contribution in [2.45, 2.75) is 24.4 Å². The normalized spacial score (nSPS) is 22.9. The molecule has 4 atom stereocenters. The van der Waals surface area contributed by atoms with Gasteiger partial charge in [-0.25, -0.2) is 9.59 Å². The number of nitrogens with zero attached hydrogens (tertiary/aromatic N) is 2. The molecule has 0 amide bonds. The van der Waals surface area contributed by atoms with Gasteiger partial charge < -0.3 is 28.4 Å². The van der Waals surface area contributed by atoms with E-state index in [2.05, 4.69) is 0 Å². The van der Waals surface area contributed by atoms with Gasteiger partial charge in [0, 0.05) is 24.3 Å². The molecular weight excluding hydrogens is 460 g/mol. The lowest BCUT2D eigenvalue weighted by Gasteiger charge is -2.17. The number of carbonyl (C=O) groups is 2. The number of carbonyl (C=O) groups excluding carboxylic acids is 2. The molecule has 2 aromatic carbocycles. The minimum Gasteiger partial charge on any atom is -0.425 e. The summed E-state index contributed by atoms with van der Waals surface area (Å²) in [4.78, 5) is 44.3. The smallest absolute Gasteiger partial charge is 0.425 e. The second-order valence-electron chi connectivity index (χ2n) is 7.11. The maximum Gasteiger partial charge on any atom is 0.514 e. The van der Waals surface area contributed by atoms with Crippen molar-refractivity contribution in [3.05, 3.63) is 68.8 Å². The van der Waals surface area contributed by atoms with E-state index in [-0.39, 0.29) is 36.1 Å². The standard InChI is InChI=1S/C20H16N2O12/c23-19(31-13-5-1-11(2-6-13)21(25)26)33-15-9-29-18-16(10-30-17(15)18)34-20(24)32-14-7-3-12(4-8-14)22(27)28/h1-8,15-18H,9-10H2/t15-,16-,17-,18-/m1/s1. The minimum absolute atomic E-state index is 0.0397. The molecule has 0 saturated carbocycles. The van der Waals surface area contributed by atoms with Gasteiger partial charge in [0.1, 0.15) is 23.7 Å². The number of fused-ring (bicyclic) bond motifs is 1. The van der Waals surface area contributed by atoms with Crippen LogP contribution in [0.25, 0.3) is 0 Å². The average molecular weight is 476 g/mol. The molecule has 2 aromatic rings. The molecule has 0 aliphatic carbocycles. The number of ether oxygens (including phenoxy) is 6. The largest absolute Gasteiger partial charge is 0.514 e. The van der Waals surface area contributed by atoms with E-state index in [1.165, 1.54) is 48.5 Å². The van der Waals surface area contributed by atoms with E-state index in [0.29, 0.717) is 0 Å². The Hall–Kier alpha value is -4.30. The molecule has 2 aliphatic rings. The fraction of sp³-hybridized carbons (Fsp3) is 0.300. The summed E-state index contributed by atoms with van der Waals surface area (Å²) >= 11 is 0. The molecule has 0 spiro atoms. The third-order valence-electron chi connectivity index (χ3n) is 4.96. The fourth-order valence-corrected chi connectivity index (χ4v) is 3.39. The molecule has 0 unspecified atom stereocenters. The first-order valence-electron chi connectivity index (χ1n) is 9.79. The monoisotopic (exact) mass is 476 g/mol. The van der Waals surface area contributed by atoms with Gasteiger partial charge in [-0.3, -0.25) is 20.2 Å². The summed E-state index contributed by atoms with van der Waals surface area (Å²) in [6.07, 6.45) is -5.24. The van der Waals surface area contributed by atoms with Crippen LogP contribution in [0.15, 0.2) is 48.5 Å². The van der Waals surface area contributed by atoms with Gasteiger partial charge in [0.15, 0.2) is 12.2 Å². The van der Waals surface area contributed by atoms with Crippen LogP contribution >= 0.6 is 0 Å². The summed E-state index contributed by atoms with van der Waals surface area (Å²) in [7, 11) is 0. The number of nitro groups is 2. The highest BCUT2D eigenvalue weighted by Gasteiger charge is 2.51. The van der Waals surface area contributed by atoms with Crippen molar-refractivity contribution >= 4 is 23.7 Å². The van der Waals surface area contributed by atoms with E-state index in [1.54, 1.807) is 0 Å². The number of nitro benzene ring substituents is 2. The van der Waals surface area contributed by atoms with Crippen LogP contribution in [0, 0.1) is 20.2 Å². The van der Waals surface area contributed by atoms with Crippen molar-refractivity contribution in [3.8, 4) is 11.5 Å². The number of hydrogen-bond acceptors (Lipinski definition) is 12. The van der Waals surface area contributed by atoms with Gasteiger partial charge in [-0.05, 0) is 24.3 Å². The topological polar surface area (TPSA) is 176 Å². The average Bonchev–Trinajstić information content (AvgIpc) is 3.38. The lowest BCUT2D eigenvalue weighted by Crippen LogP contribution is -2.36. The second kappa shape index (κ2) is 9.68. The number of non-ortho nitro benzene ring substituents is 2. The Morgan fingerprint density at radius 1 is 0.706 bits per heavy atom. The van der Waals surface area contributed by atoms with Gasteiger partial charge in [0.2, 0.25) is 0 Å². The van der Waals surface area contributed by atoms with Crippen molar-refractivity contribution in [3.63, 3.8) is 0 Å². The van der Waals surface area contributed by atoms with Gasteiger partial charge in [0.25, 0.3) is 11.4 Å². The Kier molecular flexibility index (Phi) is 6.51. The summed E-state index contributed by atoms with van der Waals surface area (Å²) in [6, 6.07) is 9.70. The first-order valence-corrected chi connectivity index (χ1v) is 9.79. The molecule has 0 N–H and O–H groups in total. The summed E-state index contributed by atoms with van der Waals surface area (Å²) < 4.78 is 31.5. The molecule has 0 bridgehead atoms. The Balaban J connectivity index is 1.26. The highest BCUT2D eigenvalue weighted by Crippen LogP contribution is 2.31. The molecular formula is C20H16N2O12. The van der Waals surface area contributed by atoms with Crippen LogP contribution in [-0.4, -0.2) is 59.8 Å². The lowest BCUT2D eigenvalue weighted by atomic mass is 10.1. The van der Waals surface area contributed by atoms with Crippen LogP contribution in [0.4, 0.5) is 21.0 Å². The van der Waals surface area contributed by atoms with E-state index in [0.717, 1.165) is 0 Å². The SMILES string of the molecule is O=C(Oc1ccc([N+](=O)[O-])cc1)O[C@@H]1CO[C@H]2[C@@H]1OC[C@H]2OC(=O)Oc1ccc([N+](=O)[O-])cc1. The van der Waals surface area contributed by atoms with Gasteiger partial charge in [0.05, 0.1) is 23.1 Å². The summed E-state index contributed by atoms with van der Waals surface area (Å²) in [5.41, 5.74) is -0.324. The van der Waals surface area contributed by atoms with Crippen LogP contribution in [0.3, 0.4) is 0 Å². The molecule has 0 aromatic heterocycles. The molecule has 14 heteroatoms. The van der Waals surface area contributed by atoms with E-state index >= 15 is 0 Å². The maximum absolute atomic E-state index is 12.1. The van der Waals surface area contributed by atoms with Gasteiger partial charge >= 0.3 is 12.3 Å². The zero-order chi connectivity index (χ0) is 24.2. The van der Waals surface area contributed by atoms with Crippen molar-refractivity contribution in [2.75, 3.05) is 13.2 Å². The number of rotatable bonds is 6. The molecule has 4 rings (SSSR count). The second-order valence-corrected chi connectivity index (χ2v) is 7.11. The molecule has 2 saturated heterocycles. The summed E-state index contributed by atoms with van der Waals surface area (Å²) in [6.45, 7) is -0.0795.